The molecule has 0 heterocycles. The molecule has 0 saturated carbocycles. The Hall–Kier alpha value is -0.390. The van der Waals surface area contributed by atoms with Crippen LogP contribution in [0.15, 0.2) is 27.6 Å². The second-order valence-electron chi connectivity index (χ2n) is 3.52. The van der Waals surface area contributed by atoms with Gasteiger partial charge in [0.05, 0.1) is 4.90 Å². The molecule has 0 N–H and O–H groups in total. The van der Waals surface area contributed by atoms with E-state index < -0.39 is 10.0 Å². The van der Waals surface area contributed by atoms with Crippen LogP contribution in [0.2, 0.25) is 0 Å². The Kier molecular flexibility index (Phi) is 4.52. The molecule has 3 nitrogen and oxygen atoms in total. The molecule has 0 aliphatic heterocycles. The number of benzene rings is 1. The minimum Gasteiger partial charge on any atom is -0.207 e. The summed E-state index contributed by atoms with van der Waals surface area (Å²) < 4.78 is 26.5. The lowest BCUT2D eigenvalue weighted by Crippen LogP contribution is -2.30. The molecule has 0 unspecified atom stereocenters. The maximum Gasteiger partial charge on any atom is 0.244 e. The molecule has 16 heavy (non-hydrogen) atoms. The van der Waals surface area contributed by atoms with Crippen LogP contribution in [0.4, 0.5) is 0 Å². The van der Waals surface area contributed by atoms with Crippen molar-refractivity contribution in [1.82, 2.24) is 4.31 Å². The molecule has 0 aliphatic carbocycles. The Balaban J connectivity index is 3.27. The molecule has 0 fully saturated rings. The zero-order chi connectivity index (χ0) is 12.3. The lowest BCUT2D eigenvalue weighted by molar-refractivity contribution is 0.445. The highest BCUT2D eigenvalue weighted by Gasteiger charge is 2.23. The van der Waals surface area contributed by atoms with E-state index in [1.807, 2.05) is 26.8 Å². The lowest BCUT2D eigenvalue weighted by Gasteiger charge is -2.19. The molecule has 0 radical (unpaired) electrons. The Morgan fingerprint density at radius 1 is 1.25 bits per heavy atom. The molecule has 1 rings (SSSR count). The second-order valence-corrected chi connectivity index (χ2v) is 6.28. The number of hydrogen-bond acceptors (Lipinski definition) is 2. The Morgan fingerprint density at radius 3 is 2.25 bits per heavy atom. The van der Waals surface area contributed by atoms with Crippen molar-refractivity contribution in [3.63, 3.8) is 0 Å². The molecule has 1 aromatic carbocycles. The first-order valence-electron chi connectivity index (χ1n) is 5.19. The van der Waals surface area contributed by atoms with E-state index in [0.29, 0.717) is 22.5 Å². The molecule has 0 saturated heterocycles. The van der Waals surface area contributed by atoms with Crippen LogP contribution in [0.5, 0.6) is 0 Å². The van der Waals surface area contributed by atoms with Crippen LogP contribution >= 0.6 is 15.9 Å². The summed E-state index contributed by atoms with van der Waals surface area (Å²) in [6.45, 7) is 6.57. The van der Waals surface area contributed by atoms with Gasteiger partial charge in [-0.2, -0.15) is 4.31 Å². The first kappa shape index (κ1) is 13.7. The fourth-order valence-corrected chi connectivity index (χ4v) is 4.13. The van der Waals surface area contributed by atoms with E-state index in [4.69, 9.17) is 0 Å². The Labute approximate surface area is 106 Å². The summed E-state index contributed by atoms with van der Waals surface area (Å²) in [5, 5.41) is 0. The van der Waals surface area contributed by atoms with Crippen LogP contribution in [0.25, 0.3) is 0 Å². The van der Waals surface area contributed by atoms with Crippen LogP contribution < -0.4 is 0 Å². The normalized spacial score (nSPS) is 12.1. The number of nitrogens with zero attached hydrogens (tertiary/aromatic N) is 1. The largest absolute Gasteiger partial charge is 0.244 e. The van der Waals surface area contributed by atoms with E-state index >= 15 is 0 Å². The predicted octanol–water partition coefficient (Wildman–Crippen LogP) is 2.79. The third-order valence-corrected chi connectivity index (χ3v) is 5.44. The zero-order valence-electron chi connectivity index (χ0n) is 9.70. The van der Waals surface area contributed by atoms with Crippen LogP contribution in [0, 0.1) is 6.92 Å². The first-order chi connectivity index (χ1) is 7.43. The summed E-state index contributed by atoms with van der Waals surface area (Å²) in [5.41, 5.74) is 1.03. The molecule has 0 aromatic heterocycles. The van der Waals surface area contributed by atoms with Gasteiger partial charge in [-0.1, -0.05) is 19.9 Å². The van der Waals surface area contributed by atoms with Crippen molar-refractivity contribution in [2.24, 2.45) is 0 Å². The number of sulfonamides is 1. The quantitative estimate of drug-likeness (QED) is 0.858. The van der Waals surface area contributed by atoms with Gasteiger partial charge < -0.3 is 0 Å². The van der Waals surface area contributed by atoms with E-state index in [1.54, 1.807) is 12.1 Å². The van der Waals surface area contributed by atoms with Crippen molar-refractivity contribution in [2.45, 2.75) is 25.7 Å². The summed E-state index contributed by atoms with van der Waals surface area (Å²) in [7, 11) is -3.36. The van der Waals surface area contributed by atoms with Crippen LogP contribution in [0.1, 0.15) is 19.4 Å². The number of hydrogen-bond donors (Lipinski definition) is 0. The van der Waals surface area contributed by atoms with Crippen LogP contribution in [-0.4, -0.2) is 25.8 Å². The summed E-state index contributed by atoms with van der Waals surface area (Å²) in [6, 6.07) is 5.27. The van der Waals surface area contributed by atoms with Crippen LogP contribution in [-0.2, 0) is 10.0 Å². The number of halogens is 1. The van der Waals surface area contributed by atoms with Crippen molar-refractivity contribution in [1.29, 1.82) is 0 Å². The van der Waals surface area contributed by atoms with E-state index in [1.165, 1.54) is 4.31 Å². The summed E-state index contributed by atoms with van der Waals surface area (Å²) in [5.74, 6) is 0. The molecule has 0 amide bonds. The molecule has 0 aliphatic rings. The second kappa shape index (κ2) is 5.29. The van der Waals surface area contributed by atoms with Gasteiger partial charge in [-0.3, -0.25) is 0 Å². The van der Waals surface area contributed by atoms with Gasteiger partial charge in [0, 0.05) is 17.6 Å². The molecular weight excluding hydrogens is 290 g/mol. The smallest absolute Gasteiger partial charge is 0.207 e. The van der Waals surface area contributed by atoms with Crippen molar-refractivity contribution in [2.75, 3.05) is 13.1 Å². The first-order valence-corrected chi connectivity index (χ1v) is 7.43. The number of rotatable bonds is 4. The van der Waals surface area contributed by atoms with Gasteiger partial charge in [-0.05, 0) is 40.5 Å². The van der Waals surface area contributed by atoms with Gasteiger partial charge in [0.2, 0.25) is 10.0 Å². The molecule has 90 valence electrons. The van der Waals surface area contributed by atoms with Gasteiger partial charge in [-0.15, -0.1) is 0 Å². The highest BCUT2D eigenvalue weighted by atomic mass is 79.9. The predicted molar refractivity (Wildman–Crippen MR) is 69.0 cm³/mol. The molecule has 0 atom stereocenters. The molecule has 1 aromatic rings. The molecule has 5 heteroatoms. The Morgan fingerprint density at radius 2 is 1.81 bits per heavy atom. The highest BCUT2D eigenvalue weighted by Crippen LogP contribution is 2.25. The highest BCUT2D eigenvalue weighted by molar-refractivity contribution is 9.10. The van der Waals surface area contributed by atoms with Crippen LogP contribution in [0.3, 0.4) is 0 Å². The van der Waals surface area contributed by atoms with E-state index in [2.05, 4.69) is 15.9 Å². The van der Waals surface area contributed by atoms with Gasteiger partial charge in [0.25, 0.3) is 0 Å². The summed E-state index contributed by atoms with van der Waals surface area (Å²) >= 11 is 3.30. The summed E-state index contributed by atoms with van der Waals surface area (Å²) in [6.07, 6.45) is 0. The fraction of sp³-hybridized carbons (Fsp3) is 0.455. The maximum absolute atomic E-state index is 12.2. The van der Waals surface area contributed by atoms with E-state index in [9.17, 15) is 8.42 Å². The summed E-state index contributed by atoms with van der Waals surface area (Å²) in [4.78, 5) is 0.335. The Bertz CT molecular complexity index is 467. The SMILES string of the molecule is CCN(CC)S(=O)(=O)c1ccc(C)cc1Br. The fourth-order valence-electron chi connectivity index (χ4n) is 1.52. The minimum atomic E-state index is -3.36. The number of aryl methyl sites for hydroxylation is 1. The molecule has 0 spiro atoms. The lowest BCUT2D eigenvalue weighted by atomic mass is 10.2. The average molecular weight is 306 g/mol. The third kappa shape index (κ3) is 2.64. The van der Waals surface area contributed by atoms with Gasteiger partial charge in [0.1, 0.15) is 0 Å². The van der Waals surface area contributed by atoms with Gasteiger partial charge >= 0.3 is 0 Å². The van der Waals surface area contributed by atoms with E-state index in [-0.39, 0.29) is 0 Å². The zero-order valence-corrected chi connectivity index (χ0v) is 12.1. The topological polar surface area (TPSA) is 37.4 Å². The van der Waals surface area contributed by atoms with Gasteiger partial charge in [-0.25, -0.2) is 8.42 Å². The van der Waals surface area contributed by atoms with Crippen molar-refractivity contribution in [3.05, 3.63) is 28.2 Å². The minimum absolute atomic E-state index is 0.335. The standard InChI is InChI=1S/C11H16BrNO2S/c1-4-13(5-2)16(14,15)11-7-6-9(3)8-10(11)12/h6-8H,4-5H2,1-3H3. The van der Waals surface area contributed by atoms with Crippen molar-refractivity contribution in [3.8, 4) is 0 Å². The average Bonchev–Trinajstić information content (AvgIpc) is 2.18. The molecule has 0 bridgehead atoms. The monoisotopic (exact) mass is 305 g/mol. The third-order valence-electron chi connectivity index (χ3n) is 2.41. The molecular formula is C11H16BrNO2S. The van der Waals surface area contributed by atoms with Crippen molar-refractivity contribution < 1.29 is 8.42 Å². The maximum atomic E-state index is 12.2. The van der Waals surface area contributed by atoms with Gasteiger partial charge in [0.15, 0.2) is 0 Å². The van der Waals surface area contributed by atoms with E-state index in [0.717, 1.165) is 5.56 Å². The van der Waals surface area contributed by atoms with Crippen molar-refractivity contribution >= 4 is 26.0 Å².